The molecule has 0 aromatic carbocycles. The number of amides is 1. The Hall–Kier alpha value is -3.94. The first-order chi connectivity index (χ1) is 16.0. The summed E-state index contributed by atoms with van der Waals surface area (Å²) >= 11 is 0. The van der Waals surface area contributed by atoms with E-state index in [4.69, 9.17) is 0 Å². The highest BCUT2D eigenvalue weighted by molar-refractivity contribution is 5.99. The number of imidazole rings is 1. The van der Waals surface area contributed by atoms with E-state index >= 15 is 0 Å². The fraction of sp³-hybridized carbons (Fsp3) is 0.280. The maximum Gasteiger partial charge on any atom is 0.229 e. The highest BCUT2D eigenvalue weighted by Crippen LogP contribution is 2.37. The minimum Gasteiger partial charge on any atom is -0.310 e. The zero-order valence-electron chi connectivity index (χ0n) is 18.4. The zero-order chi connectivity index (χ0) is 23.1. The molecule has 166 valence electrons. The number of rotatable bonds is 7. The van der Waals surface area contributed by atoms with Crippen LogP contribution in [-0.2, 0) is 9.59 Å². The Morgan fingerprint density at radius 2 is 2.00 bits per heavy atom. The summed E-state index contributed by atoms with van der Waals surface area (Å²) in [5.74, 6) is -0.159. The molecule has 4 aromatic rings. The van der Waals surface area contributed by atoms with E-state index in [1.54, 1.807) is 18.6 Å². The van der Waals surface area contributed by atoms with Gasteiger partial charge in [-0.1, -0.05) is 6.92 Å². The maximum absolute atomic E-state index is 12.3. The first-order valence-electron chi connectivity index (χ1n) is 11.0. The molecule has 0 radical (unpaired) electrons. The van der Waals surface area contributed by atoms with E-state index in [9.17, 15) is 14.4 Å². The van der Waals surface area contributed by atoms with E-state index in [2.05, 4.69) is 20.3 Å². The smallest absolute Gasteiger partial charge is 0.229 e. The monoisotopic (exact) mass is 441 g/mol. The van der Waals surface area contributed by atoms with E-state index in [1.807, 2.05) is 42.6 Å². The molecule has 1 amide bonds. The van der Waals surface area contributed by atoms with E-state index in [-0.39, 0.29) is 23.5 Å². The predicted molar refractivity (Wildman–Crippen MR) is 124 cm³/mol. The molecule has 0 unspecified atom stereocenters. The average Bonchev–Trinajstić information content (AvgIpc) is 3.45. The summed E-state index contributed by atoms with van der Waals surface area (Å²) in [5.41, 5.74) is 4.79. The largest absolute Gasteiger partial charge is 0.310 e. The molecule has 1 aliphatic carbocycles. The second-order valence-corrected chi connectivity index (χ2v) is 8.50. The lowest BCUT2D eigenvalue weighted by Gasteiger charge is -2.12. The van der Waals surface area contributed by atoms with Gasteiger partial charge >= 0.3 is 0 Å². The molecule has 1 saturated carbocycles. The fourth-order valence-electron chi connectivity index (χ4n) is 4.19. The minimum atomic E-state index is -0.265. The van der Waals surface area contributed by atoms with Gasteiger partial charge in [-0.15, -0.1) is 0 Å². The predicted octanol–water partition coefficient (Wildman–Crippen LogP) is 4.01. The van der Waals surface area contributed by atoms with Crippen molar-refractivity contribution in [3.63, 3.8) is 0 Å². The van der Waals surface area contributed by atoms with E-state index in [1.165, 1.54) is 0 Å². The third-order valence-electron chi connectivity index (χ3n) is 6.12. The Balaban J connectivity index is 1.53. The number of fused-ring (bicyclic) bond motifs is 3. The van der Waals surface area contributed by atoms with Crippen LogP contribution in [0.2, 0.25) is 0 Å². The number of ketones is 1. The minimum absolute atomic E-state index is 0.0426. The number of aryl methyl sites for hydroxylation is 1. The number of hydrogen-bond acceptors (Lipinski definition) is 6. The lowest BCUT2D eigenvalue weighted by atomic mass is 10.0. The number of aromatic nitrogens is 4. The van der Waals surface area contributed by atoms with Gasteiger partial charge in [0.1, 0.15) is 23.4 Å². The number of Topliss-reactive ketones (excluding diaryl/α,β-unsaturated/α-hetero) is 1. The van der Waals surface area contributed by atoms with Crippen LogP contribution in [0.15, 0.2) is 43.0 Å². The Bertz CT molecular complexity index is 1420. The number of anilines is 1. The molecule has 4 heterocycles. The highest BCUT2D eigenvalue weighted by Gasteiger charge is 2.42. The first kappa shape index (κ1) is 20.9. The SMILES string of the molecule is CCCC(=O)c1cc(C)c(-c2cc3cnc(NC(=O)[C@@H]4C[C@H]4C=O)cc3n3ccnc23)cn1. The molecule has 1 aliphatic rings. The van der Waals surface area contributed by atoms with Crippen molar-refractivity contribution in [1.82, 2.24) is 19.4 Å². The van der Waals surface area contributed by atoms with Crippen molar-refractivity contribution in [2.24, 2.45) is 11.8 Å². The quantitative estimate of drug-likeness (QED) is 0.343. The van der Waals surface area contributed by atoms with Gasteiger partial charge in [0.2, 0.25) is 5.91 Å². The van der Waals surface area contributed by atoms with Crippen molar-refractivity contribution in [2.45, 2.75) is 33.1 Å². The molecule has 33 heavy (non-hydrogen) atoms. The average molecular weight is 441 g/mol. The van der Waals surface area contributed by atoms with Crippen LogP contribution in [0.4, 0.5) is 5.82 Å². The van der Waals surface area contributed by atoms with Crippen molar-refractivity contribution in [3.05, 3.63) is 54.2 Å². The maximum atomic E-state index is 12.3. The van der Waals surface area contributed by atoms with Gasteiger partial charge in [0.15, 0.2) is 5.78 Å². The topological polar surface area (TPSA) is 106 Å². The number of carbonyl (C=O) groups is 3. The summed E-state index contributed by atoms with van der Waals surface area (Å²) in [5, 5.41) is 3.69. The molecular weight excluding hydrogens is 418 g/mol. The van der Waals surface area contributed by atoms with Gasteiger partial charge in [-0.3, -0.25) is 19.0 Å². The zero-order valence-corrected chi connectivity index (χ0v) is 18.4. The number of pyridine rings is 3. The lowest BCUT2D eigenvalue weighted by Crippen LogP contribution is -2.16. The molecule has 1 fully saturated rings. The second kappa shape index (κ2) is 8.20. The number of hydrogen-bond donors (Lipinski definition) is 1. The van der Waals surface area contributed by atoms with Crippen LogP contribution in [0.3, 0.4) is 0 Å². The van der Waals surface area contributed by atoms with Crippen LogP contribution in [0.25, 0.3) is 27.7 Å². The normalized spacial score (nSPS) is 17.3. The van der Waals surface area contributed by atoms with E-state index < -0.39 is 0 Å². The Kier molecular flexibility index (Phi) is 5.20. The molecule has 0 spiro atoms. The van der Waals surface area contributed by atoms with Gasteiger partial charge in [-0.05, 0) is 37.5 Å². The third-order valence-corrected chi connectivity index (χ3v) is 6.12. The van der Waals surface area contributed by atoms with Crippen LogP contribution in [0, 0.1) is 18.8 Å². The number of nitrogens with one attached hydrogen (secondary N) is 1. The molecule has 5 rings (SSSR count). The van der Waals surface area contributed by atoms with Crippen LogP contribution < -0.4 is 5.32 Å². The van der Waals surface area contributed by atoms with Gasteiger partial charge in [-0.25, -0.2) is 9.97 Å². The molecule has 4 aromatic heterocycles. The summed E-state index contributed by atoms with van der Waals surface area (Å²) in [7, 11) is 0. The first-order valence-corrected chi connectivity index (χ1v) is 11.0. The van der Waals surface area contributed by atoms with Gasteiger partial charge in [0, 0.05) is 65.6 Å². The number of aldehydes is 1. The summed E-state index contributed by atoms with van der Waals surface area (Å²) in [4.78, 5) is 48.8. The summed E-state index contributed by atoms with van der Waals surface area (Å²) < 4.78 is 1.95. The van der Waals surface area contributed by atoms with Crippen molar-refractivity contribution >= 4 is 40.3 Å². The molecule has 1 N–H and O–H groups in total. The van der Waals surface area contributed by atoms with Gasteiger partial charge in [0.05, 0.1) is 5.52 Å². The molecular formula is C25H23N5O3. The van der Waals surface area contributed by atoms with Crippen molar-refractivity contribution < 1.29 is 14.4 Å². The van der Waals surface area contributed by atoms with E-state index in [0.29, 0.717) is 24.4 Å². The van der Waals surface area contributed by atoms with Crippen LogP contribution in [0.5, 0.6) is 0 Å². The van der Waals surface area contributed by atoms with Crippen LogP contribution in [-0.4, -0.2) is 37.3 Å². The summed E-state index contributed by atoms with van der Waals surface area (Å²) in [6.07, 6.45) is 9.71. The standard InChI is InChI=1S/C25H23N5O3/c1-3-4-22(32)20-7-14(2)19(12-27-20)18-8-15-11-28-23(29-25(33)17-9-16(17)13-31)10-21(15)30-6-5-26-24(18)30/h5-8,10-13,16-17H,3-4,9H2,1-2H3,(H,28,29,33)/t16-,17+/m0/s1. The molecule has 2 atom stereocenters. The Morgan fingerprint density at radius 1 is 1.15 bits per heavy atom. The van der Waals surface area contributed by atoms with Crippen LogP contribution in [0.1, 0.15) is 42.2 Å². The van der Waals surface area contributed by atoms with Gasteiger partial charge in [-0.2, -0.15) is 0 Å². The Labute approximate surface area is 190 Å². The van der Waals surface area contributed by atoms with Gasteiger partial charge < -0.3 is 10.1 Å². The van der Waals surface area contributed by atoms with Crippen molar-refractivity contribution in [1.29, 1.82) is 0 Å². The highest BCUT2D eigenvalue weighted by atomic mass is 16.2. The fourth-order valence-corrected chi connectivity index (χ4v) is 4.19. The summed E-state index contributed by atoms with van der Waals surface area (Å²) in [6, 6.07) is 5.64. The lowest BCUT2D eigenvalue weighted by molar-refractivity contribution is -0.119. The molecule has 8 nitrogen and oxygen atoms in total. The van der Waals surface area contributed by atoms with Gasteiger partial charge in [0.25, 0.3) is 0 Å². The van der Waals surface area contributed by atoms with Crippen molar-refractivity contribution in [3.8, 4) is 11.1 Å². The molecule has 8 heteroatoms. The third kappa shape index (κ3) is 3.77. The summed E-state index contributed by atoms with van der Waals surface area (Å²) in [6.45, 7) is 3.94. The molecule has 0 saturated heterocycles. The van der Waals surface area contributed by atoms with Crippen LogP contribution >= 0.6 is 0 Å². The second-order valence-electron chi connectivity index (χ2n) is 8.50. The Morgan fingerprint density at radius 3 is 2.73 bits per heavy atom. The molecule has 0 bridgehead atoms. The molecule has 0 aliphatic heterocycles. The van der Waals surface area contributed by atoms with E-state index in [0.717, 1.165) is 45.9 Å². The van der Waals surface area contributed by atoms with Crippen molar-refractivity contribution in [2.75, 3.05) is 5.32 Å². The number of carbonyl (C=O) groups excluding carboxylic acids is 3. The number of nitrogens with zero attached hydrogens (tertiary/aromatic N) is 4.